The van der Waals surface area contributed by atoms with Crippen molar-refractivity contribution in [3.63, 3.8) is 0 Å². The smallest absolute Gasteiger partial charge is 0.323 e. The van der Waals surface area contributed by atoms with Crippen molar-refractivity contribution < 1.29 is 19.4 Å². The summed E-state index contributed by atoms with van der Waals surface area (Å²) in [5.41, 5.74) is 2.75. The predicted molar refractivity (Wildman–Crippen MR) is 108 cm³/mol. The molecule has 1 aliphatic rings. The van der Waals surface area contributed by atoms with Gasteiger partial charge in [-0.1, -0.05) is 50.6 Å². The summed E-state index contributed by atoms with van der Waals surface area (Å²) in [6.07, 6.45) is 0.753. The molecule has 6 nitrogen and oxygen atoms in total. The van der Waals surface area contributed by atoms with Gasteiger partial charge in [0.05, 0.1) is 18.5 Å². The van der Waals surface area contributed by atoms with E-state index in [0.29, 0.717) is 22.7 Å². The first-order valence-corrected chi connectivity index (χ1v) is 9.31. The molecule has 6 heteroatoms. The number of amides is 1. The molecule has 0 saturated carbocycles. The summed E-state index contributed by atoms with van der Waals surface area (Å²) >= 11 is 0. The Hall–Kier alpha value is -3.15. The van der Waals surface area contributed by atoms with Crippen LogP contribution < -0.4 is 9.64 Å². The number of hydrogen-bond acceptors (Lipinski definition) is 4. The van der Waals surface area contributed by atoms with Crippen LogP contribution in [0.4, 0.5) is 5.69 Å². The highest BCUT2D eigenvalue weighted by Gasteiger charge is 2.35. The van der Waals surface area contributed by atoms with Crippen LogP contribution in [0.25, 0.3) is 0 Å². The summed E-state index contributed by atoms with van der Waals surface area (Å²) < 4.78 is 5.37. The van der Waals surface area contributed by atoms with Crippen molar-refractivity contribution in [3.05, 3.63) is 59.7 Å². The van der Waals surface area contributed by atoms with Gasteiger partial charge in [-0.2, -0.15) is 0 Å². The SMILES string of the molecule is CC[C@H](C)[C@@H]1N=C(c2ccccc2)c2cc(OC)ccc2N(CC(=O)O)C1=O. The number of carbonyl (C=O) groups excluding carboxylic acids is 1. The van der Waals surface area contributed by atoms with Crippen molar-refractivity contribution in [3.8, 4) is 5.75 Å². The van der Waals surface area contributed by atoms with Crippen LogP contribution >= 0.6 is 0 Å². The monoisotopic (exact) mass is 380 g/mol. The molecule has 0 bridgehead atoms. The number of aliphatic imine (C=N–C) groups is 1. The fourth-order valence-electron chi connectivity index (χ4n) is 3.33. The summed E-state index contributed by atoms with van der Waals surface area (Å²) in [6.45, 7) is 3.55. The maximum absolute atomic E-state index is 13.3. The summed E-state index contributed by atoms with van der Waals surface area (Å²) in [5.74, 6) is -0.777. The van der Waals surface area contributed by atoms with Gasteiger partial charge < -0.3 is 9.84 Å². The van der Waals surface area contributed by atoms with Crippen molar-refractivity contribution in [2.75, 3.05) is 18.6 Å². The van der Waals surface area contributed by atoms with Gasteiger partial charge in [0.2, 0.25) is 0 Å². The van der Waals surface area contributed by atoms with Crippen LogP contribution in [0.2, 0.25) is 0 Å². The Balaban J connectivity index is 2.28. The molecular weight excluding hydrogens is 356 g/mol. The summed E-state index contributed by atoms with van der Waals surface area (Å²) in [5, 5.41) is 9.41. The molecule has 2 atom stereocenters. The Bertz CT molecular complexity index is 908. The Morgan fingerprint density at radius 2 is 1.96 bits per heavy atom. The van der Waals surface area contributed by atoms with Gasteiger partial charge in [-0.3, -0.25) is 19.5 Å². The molecule has 0 radical (unpaired) electrons. The molecule has 1 aliphatic heterocycles. The van der Waals surface area contributed by atoms with Gasteiger partial charge in [0.15, 0.2) is 0 Å². The number of benzodiazepines with no additional fused rings is 1. The molecule has 1 amide bonds. The van der Waals surface area contributed by atoms with E-state index in [-0.39, 0.29) is 11.8 Å². The van der Waals surface area contributed by atoms with E-state index in [1.807, 2.05) is 50.2 Å². The highest BCUT2D eigenvalue weighted by Crippen LogP contribution is 2.33. The van der Waals surface area contributed by atoms with E-state index in [1.54, 1.807) is 19.2 Å². The molecule has 1 heterocycles. The van der Waals surface area contributed by atoms with Gasteiger partial charge in [-0.05, 0) is 24.1 Å². The van der Waals surface area contributed by atoms with Gasteiger partial charge in [-0.15, -0.1) is 0 Å². The van der Waals surface area contributed by atoms with Crippen LogP contribution in [0.5, 0.6) is 5.75 Å². The van der Waals surface area contributed by atoms with E-state index in [0.717, 1.165) is 12.0 Å². The zero-order valence-electron chi connectivity index (χ0n) is 16.3. The summed E-state index contributed by atoms with van der Waals surface area (Å²) in [4.78, 5) is 31.0. The van der Waals surface area contributed by atoms with Crippen LogP contribution in [0.1, 0.15) is 31.4 Å². The molecule has 2 aromatic rings. The van der Waals surface area contributed by atoms with Crippen molar-refractivity contribution in [2.45, 2.75) is 26.3 Å². The molecule has 0 spiro atoms. The maximum Gasteiger partial charge on any atom is 0.323 e. The van der Waals surface area contributed by atoms with E-state index < -0.39 is 18.6 Å². The van der Waals surface area contributed by atoms with E-state index >= 15 is 0 Å². The fourth-order valence-corrected chi connectivity index (χ4v) is 3.33. The molecule has 1 N–H and O–H groups in total. The largest absolute Gasteiger partial charge is 0.497 e. The summed E-state index contributed by atoms with van der Waals surface area (Å²) in [7, 11) is 1.57. The van der Waals surface area contributed by atoms with Crippen LogP contribution in [0, 0.1) is 5.92 Å². The summed E-state index contributed by atoms with van der Waals surface area (Å²) in [6, 6.07) is 14.2. The molecule has 0 unspecified atom stereocenters. The number of hydrogen-bond donors (Lipinski definition) is 1. The number of carboxylic acids is 1. The lowest BCUT2D eigenvalue weighted by Gasteiger charge is -2.25. The number of benzene rings is 2. The Kier molecular flexibility index (Phi) is 5.78. The van der Waals surface area contributed by atoms with Crippen molar-refractivity contribution in [2.24, 2.45) is 10.9 Å². The minimum Gasteiger partial charge on any atom is -0.497 e. The number of aliphatic carboxylic acids is 1. The standard InChI is InChI=1S/C22H24N2O4/c1-4-14(2)20-22(27)24(13-19(25)26)18-11-10-16(28-3)12-17(18)21(23-20)15-8-6-5-7-9-15/h5-12,14,20H,4,13H2,1-3H3,(H,25,26)/t14-,20-/m0/s1. The average Bonchev–Trinajstić information content (AvgIpc) is 2.82. The Labute approximate surface area is 164 Å². The van der Waals surface area contributed by atoms with Gasteiger partial charge in [0, 0.05) is 11.1 Å². The second-order valence-corrected chi connectivity index (χ2v) is 6.88. The molecular formula is C22H24N2O4. The molecule has 28 heavy (non-hydrogen) atoms. The first-order valence-electron chi connectivity index (χ1n) is 9.31. The lowest BCUT2D eigenvalue weighted by molar-refractivity contribution is -0.136. The number of anilines is 1. The van der Waals surface area contributed by atoms with Gasteiger partial charge in [0.25, 0.3) is 5.91 Å². The molecule has 0 aliphatic carbocycles. The molecule has 0 saturated heterocycles. The van der Waals surface area contributed by atoms with Gasteiger partial charge in [-0.25, -0.2) is 0 Å². The number of methoxy groups -OCH3 is 1. The Morgan fingerprint density at radius 1 is 1.25 bits per heavy atom. The van der Waals surface area contributed by atoms with E-state index in [2.05, 4.69) is 0 Å². The first kappa shape index (κ1) is 19.6. The predicted octanol–water partition coefficient (Wildman–Crippen LogP) is 3.38. The van der Waals surface area contributed by atoms with E-state index in [9.17, 15) is 14.7 Å². The molecule has 2 aromatic carbocycles. The quantitative estimate of drug-likeness (QED) is 0.833. The minimum absolute atomic E-state index is 0.0290. The molecule has 146 valence electrons. The molecule has 3 rings (SSSR count). The van der Waals surface area contributed by atoms with Crippen molar-refractivity contribution >= 4 is 23.3 Å². The third kappa shape index (κ3) is 3.76. The number of fused-ring (bicyclic) bond motifs is 1. The highest BCUT2D eigenvalue weighted by molar-refractivity contribution is 6.20. The van der Waals surface area contributed by atoms with Crippen molar-refractivity contribution in [1.29, 1.82) is 0 Å². The zero-order valence-corrected chi connectivity index (χ0v) is 16.3. The number of carboxylic acid groups (broad SMARTS) is 1. The number of ether oxygens (including phenoxy) is 1. The highest BCUT2D eigenvalue weighted by atomic mass is 16.5. The lowest BCUT2D eigenvalue weighted by Crippen LogP contribution is -2.43. The number of rotatable bonds is 6. The van der Waals surface area contributed by atoms with E-state index in [1.165, 1.54) is 4.90 Å². The van der Waals surface area contributed by atoms with Crippen molar-refractivity contribution in [1.82, 2.24) is 0 Å². The minimum atomic E-state index is -1.07. The van der Waals surface area contributed by atoms with E-state index in [4.69, 9.17) is 9.73 Å². The number of carbonyl (C=O) groups is 2. The topological polar surface area (TPSA) is 79.2 Å². The normalized spacial score (nSPS) is 17.4. The zero-order chi connectivity index (χ0) is 20.3. The fraction of sp³-hybridized carbons (Fsp3) is 0.318. The maximum atomic E-state index is 13.3. The van der Waals surface area contributed by atoms with Gasteiger partial charge in [0.1, 0.15) is 18.3 Å². The third-order valence-electron chi connectivity index (χ3n) is 5.06. The first-order chi connectivity index (χ1) is 13.5. The van der Waals surface area contributed by atoms with Gasteiger partial charge >= 0.3 is 5.97 Å². The molecule has 0 fully saturated rings. The third-order valence-corrected chi connectivity index (χ3v) is 5.06. The second-order valence-electron chi connectivity index (χ2n) is 6.88. The average molecular weight is 380 g/mol. The van der Waals surface area contributed by atoms with Crippen LogP contribution in [0.15, 0.2) is 53.5 Å². The lowest BCUT2D eigenvalue weighted by atomic mass is 9.98. The van der Waals surface area contributed by atoms with Crippen LogP contribution in [-0.4, -0.2) is 42.4 Å². The number of nitrogens with zero attached hydrogens (tertiary/aromatic N) is 2. The van der Waals surface area contributed by atoms with Crippen LogP contribution in [0.3, 0.4) is 0 Å². The Morgan fingerprint density at radius 3 is 2.57 bits per heavy atom. The molecule has 0 aromatic heterocycles. The van der Waals surface area contributed by atoms with Crippen LogP contribution in [-0.2, 0) is 9.59 Å². The second kappa shape index (κ2) is 8.25.